The number of methoxy groups -OCH3 is 1. The number of rotatable bonds is 2. The topological polar surface area (TPSA) is 29.5 Å². The Labute approximate surface area is 130 Å². The van der Waals surface area contributed by atoms with Gasteiger partial charge in [0.25, 0.3) is 0 Å². The molecule has 3 heteroatoms. The summed E-state index contributed by atoms with van der Waals surface area (Å²) in [6, 6.07) is 17.0. The van der Waals surface area contributed by atoms with Crippen LogP contribution in [-0.4, -0.2) is 24.0 Å². The summed E-state index contributed by atoms with van der Waals surface area (Å²) in [5.41, 5.74) is 3.82. The molecule has 2 aromatic carbocycles. The summed E-state index contributed by atoms with van der Waals surface area (Å²) in [5, 5.41) is 0. The van der Waals surface area contributed by atoms with Crippen molar-refractivity contribution >= 4 is 5.91 Å². The Morgan fingerprint density at radius 3 is 2.73 bits per heavy atom. The molecule has 112 valence electrons. The Morgan fingerprint density at radius 2 is 1.95 bits per heavy atom. The largest absolute Gasteiger partial charge is 0.497 e. The Morgan fingerprint density at radius 1 is 1.14 bits per heavy atom. The lowest BCUT2D eigenvalue weighted by molar-refractivity contribution is -0.130. The van der Waals surface area contributed by atoms with Crippen LogP contribution in [0.4, 0.5) is 0 Å². The number of ether oxygens (including phenoxy) is 1. The molecular weight excluding hydrogens is 274 g/mol. The molecule has 2 heterocycles. The van der Waals surface area contributed by atoms with Gasteiger partial charge in [-0.05, 0) is 35.2 Å². The third kappa shape index (κ3) is 2.00. The lowest BCUT2D eigenvalue weighted by Crippen LogP contribution is -2.41. The second-order valence-corrected chi connectivity index (χ2v) is 6.08. The van der Waals surface area contributed by atoms with Crippen LogP contribution in [0.15, 0.2) is 48.5 Å². The molecule has 2 aliphatic heterocycles. The van der Waals surface area contributed by atoms with Crippen LogP contribution >= 0.6 is 0 Å². The van der Waals surface area contributed by atoms with E-state index in [2.05, 4.69) is 41.3 Å². The number of hydrogen-bond acceptors (Lipinski definition) is 2. The standard InChI is InChI=1S/C19H19NO2/c1-22-15-8-7-14-12-20-17(9-10-18(20)21)19(16(14)11-15)13-5-3-2-4-6-13/h2-8,11,17,19H,9-10,12H2,1H3/t17-,19+/m1/s1. The average molecular weight is 293 g/mol. The molecule has 0 bridgehead atoms. The van der Waals surface area contributed by atoms with Crippen LogP contribution in [0.1, 0.15) is 35.4 Å². The number of carbonyl (C=O) groups is 1. The lowest BCUT2D eigenvalue weighted by atomic mass is 9.79. The highest BCUT2D eigenvalue weighted by Crippen LogP contribution is 2.43. The first-order valence-electron chi connectivity index (χ1n) is 7.79. The van der Waals surface area contributed by atoms with Crippen molar-refractivity contribution in [3.05, 3.63) is 65.2 Å². The molecule has 0 aliphatic carbocycles. The van der Waals surface area contributed by atoms with Gasteiger partial charge in [0, 0.05) is 24.9 Å². The molecular formula is C19H19NO2. The normalized spacial score (nSPS) is 23.1. The van der Waals surface area contributed by atoms with E-state index in [1.807, 2.05) is 12.1 Å². The van der Waals surface area contributed by atoms with Crippen molar-refractivity contribution in [3.8, 4) is 5.75 Å². The Hall–Kier alpha value is -2.29. The molecule has 0 saturated carbocycles. The fourth-order valence-electron chi connectivity index (χ4n) is 3.89. The van der Waals surface area contributed by atoms with Gasteiger partial charge in [0.05, 0.1) is 7.11 Å². The minimum absolute atomic E-state index is 0.242. The number of nitrogens with zero attached hydrogens (tertiary/aromatic N) is 1. The van der Waals surface area contributed by atoms with E-state index in [0.29, 0.717) is 6.42 Å². The molecule has 2 aliphatic rings. The number of carbonyl (C=O) groups excluding carboxylic acids is 1. The summed E-state index contributed by atoms with van der Waals surface area (Å²) in [7, 11) is 1.70. The highest BCUT2D eigenvalue weighted by atomic mass is 16.5. The molecule has 1 saturated heterocycles. The predicted molar refractivity (Wildman–Crippen MR) is 84.9 cm³/mol. The smallest absolute Gasteiger partial charge is 0.223 e. The third-order valence-corrected chi connectivity index (χ3v) is 4.95. The van der Waals surface area contributed by atoms with Crippen LogP contribution in [0.25, 0.3) is 0 Å². The van der Waals surface area contributed by atoms with Crippen LogP contribution < -0.4 is 4.74 Å². The maximum Gasteiger partial charge on any atom is 0.223 e. The molecule has 0 spiro atoms. The minimum Gasteiger partial charge on any atom is -0.497 e. The molecule has 1 fully saturated rings. The van der Waals surface area contributed by atoms with Gasteiger partial charge in [-0.1, -0.05) is 36.4 Å². The van der Waals surface area contributed by atoms with Crippen molar-refractivity contribution in [3.63, 3.8) is 0 Å². The molecule has 0 unspecified atom stereocenters. The van der Waals surface area contributed by atoms with Crippen molar-refractivity contribution in [2.45, 2.75) is 31.3 Å². The SMILES string of the molecule is COc1ccc2c(c1)[C@H](c1ccccc1)[C@H]1CCC(=O)N1C2. The predicted octanol–water partition coefficient (Wildman–Crippen LogP) is 3.33. The van der Waals surface area contributed by atoms with E-state index in [1.165, 1.54) is 16.7 Å². The number of hydrogen-bond donors (Lipinski definition) is 0. The van der Waals surface area contributed by atoms with Gasteiger partial charge in [-0.25, -0.2) is 0 Å². The Balaban J connectivity index is 1.88. The first kappa shape index (κ1) is 13.4. The maximum absolute atomic E-state index is 12.2. The summed E-state index contributed by atoms with van der Waals surface area (Å²) in [6.07, 6.45) is 1.61. The van der Waals surface area contributed by atoms with Gasteiger partial charge in [-0.2, -0.15) is 0 Å². The summed E-state index contributed by atoms with van der Waals surface area (Å²) in [4.78, 5) is 14.3. The number of fused-ring (bicyclic) bond motifs is 2. The number of amides is 1. The fraction of sp³-hybridized carbons (Fsp3) is 0.316. The van der Waals surface area contributed by atoms with Gasteiger partial charge in [0.1, 0.15) is 5.75 Å². The first-order chi connectivity index (χ1) is 10.8. The molecule has 22 heavy (non-hydrogen) atoms. The second kappa shape index (κ2) is 5.16. The highest BCUT2D eigenvalue weighted by molar-refractivity contribution is 5.80. The van der Waals surface area contributed by atoms with Crippen LogP contribution in [0, 0.1) is 0 Å². The molecule has 0 radical (unpaired) electrons. The van der Waals surface area contributed by atoms with Crippen molar-refractivity contribution in [2.24, 2.45) is 0 Å². The zero-order valence-corrected chi connectivity index (χ0v) is 12.7. The van der Waals surface area contributed by atoms with Crippen LogP contribution in [0.2, 0.25) is 0 Å². The second-order valence-electron chi connectivity index (χ2n) is 6.08. The Kier molecular flexibility index (Phi) is 3.14. The minimum atomic E-state index is 0.242. The molecule has 3 nitrogen and oxygen atoms in total. The molecule has 0 aromatic heterocycles. The van der Waals surface area contributed by atoms with Gasteiger partial charge in [-0.15, -0.1) is 0 Å². The molecule has 1 amide bonds. The van der Waals surface area contributed by atoms with Gasteiger partial charge in [0.2, 0.25) is 5.91 Å². The zero-order chi connectivity index (χ0) is 15.1. The summed E-state index contributed by atoms with van der Waals surface area (Å²) >= 11 is 0. The lowest BCUT2D eigenvalue weighted by Gasteiger charge is -2.39. The third-order valence-electron chi connectivity index (χ3n) is 4.95. The maximum atomic E-state index is 12.2. The van der Waals surface area contributed by atoms with Crippen LogP contribution in [0.5, 0.6) is 5.75 Å². The monoisotopic (exact) mass is 293 g/mol. The highest BCUT2D eigenvalue weighted by Gasteiger charge is 2.42. The van der Waals surface area contributed by atoms with Crippen molar-refractivity contribution in [1.82, 2.24) is 4.90 Å². The Bertz CT molecular complexity index is 711. The van der Waals surface area contributed by atoms with Crippen molar-refractivity contribution < 1.29 is 9.53 Å². The van der Waals surface area contributed by atoms with Crippen molar-refractivity contribution in [2.75, 3.05) is 7.11 Å². The van der Waals surface area contributed by atoms with Gasteiger partial charge in [-0.3, -0.25) is 4.79 Å². The van der Waals surface area contributed by atoms with E-state index in [4.69, 9.17) is 4.74 Å². The van der Waals surface area contributed by atoms with Crippen molar-refractivity contribution in [1.29, 1.82) is 0 Å². The van der Waals surface area contributed by atoms with E-state index in [-0.39, 0.29) is 17.9 Å². The first-order valence-corrected chi connectivity index (χ1v) is 7.79. The van der Waals surface area contributed by atoms with Gasteiger partial charge < -0.3 is 9.64 Å². The fourth-order valence-corrected chi connectivity index (χ4v) is 3.89. The zero-order valence-electron chi connectivity index (χ0n) is 12.7. The molecule has 2 aromatic rings. The van der Waals surface area contributed by atoms with Crippen LogP contribution in [0.3, 0.4) is 0 Å². The molecule has 4 rings (SSSR count). The number of benzene rings is 2. The summed E-state index contributed by atoms with van der Waals surface area (Å²) in [5.74, 6) is 1.41. The average Bonchev–Trinajstić information content (AvgIpc) is 2.94. The summed E-state index contributed by atoms with van der Waals surface area (Å²) in [6.45, 7) is 0.728. The van der Waals surface area contributed by atoms with Gasteiger partial charge >= 0.3 is 0 Å². The van der Waals surface area contributed by atoms with E-state index < -0.39 is 0 Å². The molecule has 0 N–H and O–H groups in total. The quantitative estimate of drug-likeness (QED) is 0.850. The van der Waals surface area contributed by atoms with E-state index >= 15 is 0 Å². The van der Waals surface area contributed by atoms with Crippen LogP contribution in [-0.2, 0) is 11.3 Å². The van der Waals surface area contributed by atoms with E-state index in [9.17, 15) is 4.79 Å². The molecule has 2 atom stereocenters. The van der Waals surface area contributed by atoms with E-state index in [1.54, 1.807) is 7.11 Å². The van der Waals surface area contributed by atoms with Gasteiger partial charge in [0.15, 0.2) is 0 Å². The van der Waals surface area contributed by atoms with E-state index in [0.717, 1.165) is 18.7 Å². The summed E-state index contributed by atoms with van der Waals surface area (Å²) < 4.78 is 5.42.